The van der Waals surface area contributed by atoms with Gasteiger partial charge in [0.05, 0.1) is 12.3 Å². The van der Waals surface area contributed by atoms with Crippen LogP contribution >= 0.6 is 11.6 Å². The average Bonchev–Trinajstić information content (AvgIpc) is 2.16. The van der Waals surface area contributed by atoms with Crippen molar-refractivity contribution < 1.29 is 17.9 Å². The number of nitrogens with two attached hydrogens (primary N) is 1. The van der Waals surface area contributed by atoms with E-state index in [0.717, 1.165) is 0 Å². The van der Waals surface area contributed by atoms with E-state index in [1.54, 1.807) is 12.1 Å². The Kier molecular flexibility index (Phi) is 4.29. The summed E-state index contributed by atoms with van der Waals surface area (Å²) < 4.78 is 40.6. The summed E-state index contributed by atoms with van der Waals surface area (Å²) in [5, 5.41) is 0.431. The average molecular weight is 254 g/mol. The van der Waals surface area contributed by atoms with E-state index >= 15 is 0 Å². The molecule has 0 aliphatic heterocycles. The molecule has 0 fully saturated rings. The predicted octanol–water partition coefficient (Wildman–Crippen LogP) is 3.64. The number of halogens is 4. The molecule has 0 unspecified atom stereocenters. The van der Waals surface area contributed by atoms with Crippen molar-refractivity contribution in [2.24, 2.45) is 0 Å². The lowest BCUT2D eigenvalue weighted by Gasteiger charge is -2.10. The summed E-state index contributed by atoms with van der Waals surface area (Å²) in [6, 6.07) is 4.60. The monoisotopic (exact) mass is 253 g/mol. The van der Waals surface area contributed by atoms with Gasteiger partial charge < -0.3 is 10.5 Å². The first kappa shape index (κ1) is 13.0. The second-order valence-corrected chi connectivity index (χ2v) is 3.69. The van der Waals surface area contributed by atoms with Gasteiger partial charge in [-0.2, -0.15) is 13.2 Å². The molecule has 0 amide bonds. The lowest BCUT2D eigenvalue weighted by atomic mass is 10.3. The van der Waals surface area contributed by atoms with Crippen molar-refractivity contribution in [3.8, 4) is 5.75 Å². The number of nitrogen functional groups attached to an aromatic ring is 1. The molecule has 6 heteroatoms. The van der Waals surface area contributed by atoms with E-state index in [2.05, 4.69) is 0 Å². The van der Waals surface area contributed by atoms with E-state index < -0.39 is 12.6 Å². The Morgan fingerprint density at radius 1 is 1.31 bits per heavy atom. The number of rotatable bonds is 4. The molecule has 1 aromatic rings. The van der Waals surface area contributed by atoms with E-state index in [0.29, 0.717) is 16.5 Å². The number of ether oxygens (including phenoxy) is 1. The Morgan fingerprint density at radius 2 is 2.00 bits per heavy atom. The van der Waals surface area contributed by atoms with Crippen LogP contribution in [-0.4, -0.2) is 12.8 Å². The lowest BCUT2D eigenvalue weighted by Crippen LogP contribution is -2.10. The molecule has 0 saturated carbocycles. The second-order valence-electron chi connectivity index (χ2n) is 3.25. The zero-order valence-electron chi connectivity index (χ0n) is 8.35. The topological polar surface area (TPSA) is 35.2 Å². The van der Waals surface area contributed by atoms with Gasteiger partial charge in [-0.25, -0.2) is 0 Å². The van der Waals surface area contributed by atoms with Crippen LogP contribution in [0.25, 0.3) is 0 Å². The van der Waals surface area contributed by atoms with Crippen LogP contribution < -0.4 is 10.5 Å². The van der Waals surface area contributed by atoms with E-state index in [1.807, 2.05) is 0 Å². The molecule has 0 aromatic heterocycles. The first-order valence-corrected chi connectivity index (χ1v) is 5.01. The molecule has 1 aromatic carbocycles. The Morgan fingerprint density at radius 3 is 2.62 bits per heavy atom. The Labute approximate surface area is 96.1 Å². The summed E-state index contributed by atoms with van der Waals surface area (Å²) in [6.45, 7) is -0.0376. The molecule has 0 radical (unpaired) electrons. The van der Waals surface area contributed by atoms with Crippen LogP contribution in [0.15, 0.2) is 18.2 Å². The standard InChI is InChI=1S/C10H11ClF3NO/c11-7-2-3-8(15)9(6-7)16-5-1-4-10(12,13)14/h2-3,6H,1,4-5,15H2. The van der Waals surface area contributed by atoms with Gasteiger partial charge in [0.15, 0.2) is 0 Å². The maximum atomic E-state index is 11.8. The summed E-state index contributed by atoms with van der Waals surface area (Å²) in [5.41, 5.74) is 5.91. The molecule has 0 aliphatic rings. The molecule has 0 spiro atoms. The number of hydrogen-bond donors (Lipinski definition) is 1. The quantitative estimate of drug-likeness (QED) is 0.657. The molecule has 0 saturated heterocycles. The van der Waals surface area contributed by atoms with Crippen LogP contribution in [0, 0.1) is 0 Å². The minimum absolute atomic E-state index is 0.0376. The SMILES string of the molecule is Nc1ccc(Cl)cc1OCCCC(F)(F)F. The van der Waals surface area contributed by atoms with E-state index in [9.17, 15) is 13.2 Å². The van der Waals surface area contributed by atoms with Crippen LogP contribution in [0.1, 0.15) is 12.8 Å². The molecule has 0 atom stereocenters. The Bertz CT molecular complexity index is 354. The fourth-order valence-corrected chi connectivity index (χ4v) is 1.25. The molecule has 0 aliphatic carbocycles. The summed E-state index contributed by atoms with van der Waals surface area (Å²) in [7, 11) is 0. The number of benzene rings is 1. The van der Waals surface area contributed by atoms with Crippen LogP contribution in [-0.2, 0) is 0 Å². The van der Waals surface area contributed by atoms with Crippen molar-refractivity contribution in [1.82, 2.24) is 0 Å². The summed E-state index contributed by atoms with van der Waals surface area (Å²) in [6.07, 6.45) is -5.12. The number of anilines is 1. The van der Waals surface area contributed by atoms with Gasteiger partial charge >= 0.3 is 6.18 Å². The highest BCUT2D eigenvalue weighted by atomic mass is 35.5. The van der Waals surface area contributed by atoms with E-state index in [-0.39, 0.29) is 13.0 Å². The first-order valence-electron chi connectivity index (χ1n) is 4.63. The third-order valence-corrected chi connectivity index (χ3v) is 2.07. The summed E-state index contributed by atoms with van der Waals surface area (Å²) in [5.74, 6) is 0.315. The zero-order chi connectivity index (χ0) is 12.2. The molecule has 2 N–H and O–H groups in total. The Hall–Kier alpha value is -1.10. The van der Waals surface area contributed by atoms with Crippen LogP contribution in [0.3, 0.4) is 0 Å². The van der Waals surface area contributed by atoms with Crippen molar-refractivity contribution in [1.29, 1.82) is 0 Å². The van der Waals surface area contributed by atoms with Gasteiger partial charge in [0.2, 0.25) is 0 Å². The highest BCUT2D eigenvalue weighted by Crippen LogP contribution is 2.26. The van der Waals surface area contributed by atoms with Gasteiger partial charge in [0.25, 0.3) is 0 Å². The third-order valence-electron chi connectivity index (χ3n) is 1.84. The van der Waals surface area contributed by atoms with Crippen molar-refractivity contribution in [2.45, 2.75) is 19.0 Å². The van der Waals surface area contributed by atoms with Crippen LogP contribution in [0.4, 0.5) is 18.9 Å². The Balaban J connectivity index is 2.40. The predicted molar refractivity (Wildman–Crippen MR) is 56.6 cm³/mol. The van der Waals surface area contributed by atoms with Gasteiger partial charge in [0.1, 0.15) is 5.75 Å². The summed E-state index contributed by atoms with van der Waals surface area (Å²) >= 11 is 5.69. The van der Waals surface area contributed by atoms with E-state index in [1.165, 1.54) is 6.07 Å². The number of alkyl halides is 3. The summed E-state index contributed by atoms with van der Waals surface area (Å²) in [4.78, 5) is 0. The van der Waals surface area contributed by atoms with Crippen LogP contribution in [0.2, 0.25) is 5.02 Å². The maximum Gasteiger partial charge on any atom is 0.389 e. The minimum Gasteiger partial charge on any atom is -0.491 e. The van der Waals surface area contributed by atoms with E-state index in [4.69, 9.17) is 22.1 Å². The highest BCUT2D eigenvalue weighted by molar-refractivity contribution is 6.30. The van der Waals surface area contributed by atoms with Gasteiger partial charge in [0, 0.05) is 17.5 Å². The van der Waals surface area contributed by atoms with Crippen molar-refractivity contribution in [3.63, 3.8) is 0 Å². The minimum atomic E-state index is -4.15. The largest absolute Gasteiger partial charge is 0.491 e. The normalized spacial score (nSPS) is 11.5. The first-order chi connectivity index (χ1) is 7.38. The zero-order valence-corrected chi connectivity index (χ0v) is 9.11. The highest BCUT2D eigenvalue weighted by Gasteiger charge is 2.26. The molecule has 16 heavy (non-hydrogen) atoms. The molecule has 0 heterocycles. The maximum absolute atomic E-state index is 11.8. The van der Waals surface area contributed by atoms with Gasteiger partial charge in [-0.15, -0.1) is 0 Å². The molecule has 0 bridgehead atoms. The van der Waals surface area contributed by atoms with Crippen molar-refractivity contribution >= 4 is 17.3 Å². The molecular weight excluding hydrogens is 243 g/mol. The van der Waals surface area contributed by atoms with Gasteiger partial charge in [-0.05, 0) is 18.6 Å². The third kappa shape index (κ3) is 4.61. The molecule has 1 rings (SSSR count). The van der Waals surface area contributed by atoms with Crippen molar-refractivity contribution in [2.75, 3.05) is 12.3 Å². The van der Waals surface area contributed by atoms with Gasteiger partial charge in [-0.1, -0.05) is 11.6 Å². The van der Waals surface area contributed by atoms with Gasteiger partial charge in [-0.3, -0.25) is 0 Å². The number of hydrogen-bond acceptors (Lipinski definition) is 2. The van der Waals surface area contributed by atoms with Crippen LogP contribution in [0.5, 0.6) is 5.75 Å². The van der Waals surface area contributed by atoms with Crippen molar-refractivity contribution in [3.05, 3.63) is 23.2 Å². The fraction of sp³-hybridized carbons (Fsp3) is 0.400. The second kappa shape index (κ2) is 5.30. The lowest BCUT2D eigenvalue weighted by molar-refractivity contribution is -0.136. The smallest absolute Gasteiger partial charge is 0.389 e. The molecule has 90 valence electrons. The molecule has 2 nitrogen and oxygen atoms in total. The molecular formula is C10H11ClF3NO. The fourth-order valence-electron chi connectivity index (χ4n) is 1.09.